The summed E-state index contributed by atoms with van der Waals surface area (Å²) < 4.78 is 6.04. The predicted octanol–water partition coefficient (Wildman–Crippen LogP) is 4.49. The molecule has 1 aromatic heterocycles. The maximum atomic E-state index is 11.5. The van der Waals surface area contributed by atoms with Gasteiger partial charge in [-0.25, -0.2) is 9.78 Å². The molecule has 6 rings (SSSR count). The van der Waals surface area contributed by atoms with Gasteiger partial charge in [0.05, 0.1) is 12.1 Å². The number of para-hydroxylation sites is 1. The van der Waals surface area contributed by atoms with E-state index in [1.165, 1.54) is 12.8 Å². The molecule has 4 heterocycles. The number of piperidine rings is 1. The lowest BCUT2D eigenvalue weighted by atomic mass is 9.72. The maximum absolute atomic E-state index is 11.5. The number of nitrogens with one attached hydrogen (secondary N) is 1. The quantitative estimate of drug-likeness (QED) is 0.563. The average Bonchev–Trinajstić information content (AvgIpc) is 3.37. The Labute approximate surface area is 185 Å². The molecule has 3 aromatic rings. The van der Waals surface area contributed by atoms with Gasteiger partial charge < -0.3 is 19.9 Å². The number of hydrogen-bond acceptors (Lipinski definition) is 5. The van der Waals surface area contributed by atoms with E-state index in [-0.39, 0.29) is 17.2 Å². The van der Waals surface area contributed by atoms with Crippen molar-refractivity contribution in [1.29, 1.82) is 0 Å². The first-order valence-electron chi connectivity index (χ1n) is 11.2. The van der Waals surface area contributed by atoms with Crippen LogP contribution in [0.4, 0.5) is 0 Å². The highest BCUT2D eigenvalue weighted by Crippen LogP contribution is 2.55. The van der Waals surface area contributed by atoms with Crippen molar-refractivity contribution >= 4 is 5.97 Å². The van der Waals surface area contributed by atoms with Crippen LogP contribution in [0.15, 0.2) is 48.8 Å². The summed E-state index contributed by atoms with van der Waals surface area (Å²) >= 11 is 0. The number of imidazole rings is 1. The number of aromatic amines is 1. The highest BCUT2D eigenvalue weighted by Gasteiger charge is 2.45. The van der Waals surface area contributed by atoms with E-state index >= 15 is 0 Å². The Morgan fingerprint density at radius 3 is 2.69 bits per heavy atom. The number of carbonyl (C=O) groups is 1. The van der Waals surface area contributed by atoms with Crippen LogP contribution in [0, 0.1) is 5.92 Å². The molecule has 32 heavy (non-hydrogen) atoms. The highest BCUT2D eigenvalue weighted by molar-refractivity contribution is 5.88. The Kier molecular flexibility index (Phi) is 4.47. The predicted molar refractivity (Wildman–Crippen MR) is 117 cm³/mol. The zero-order valence-corrected chi connectivity index (χ0v) is 17.6. The summed E-state index contributed by atoms with van der Waals surface area (Å²) in [5, 5.41) is 20.0. The lowest BCUT2D eigenvalue weighted by Crippen LogP contribution is -2.44. The molecule has 3 atom stereocenters. The number of aromatic carboxylic acids is 1. The first-order chi connectivity index (χ1) is 15.6. The second-order valence-electron chi connectivity index (χ2n) is 9.16. The molecular weight excluding hydrogens is 406 g/mol. The van der Waals surface area contributed by atoms with Crippen molar-refractivity contribution in [2.75, 3.05) is 0 Å². The third-order valence-electron chi connectivity index (χ3n) is 7.45. The monoisotopic (exact) mass is 431 g/mol. The highest BCUT2D eigenvalue weighted by atomic mass is 16.5. The number of aromatic nitrogens is 2. The first kappa shape index (κ1) is 19.4. The number of H-pyrrole nitrogens is 1. The van der Waals surface area contributed by atoms with E-state index in [1.54, 1.807) is 24.4 Å². The van der Waals surface area contributed by atoms with E-state index < -0.39 is 5.97 Å². The molecule has 2 aromatic carbocycles. The Morgan fingerprint density at radius 2 is 1.97 bits per heavy atom. The molecule has 3 aliphatic heterocycles. The fraction of sp³-hybridized carbons (Fsp3) is 0.360. The third-order valence-corrected chi connectivity index (χ3v) is 7.45. The van der Waals surface area contributed by atoms with Crippen LogP contribution in [0.3, 0.4) is 0 Å². The molecule has 7 heteroatoms. The van der Waals surface area contributed by atoms with E-state index in [1.807, 2.05) is 24.4 Å². The molecule has 3 N–H and O–H groups in total. The van der Waals surface area contributed by atoms with Gasteiger partial charge in [-0.15, -0.1) is 0 Å². The van der Waals surface area contributed by atoms with Gasteiger partial charge in [-0.2, -0.15) is 0 Å². The molecule has 0 amide bonds. The van der Waals surface area contributed by atoms with Gasteiger partial charge in [0.15, 0.2) is 11.5 Å². The van der Waals surface area contributed by atoms with Gasteiger partial charge >= 0.3 is 5.97 Å². The number of carboxylic acid groups (broad SMARTS) is 1. The van der Waals surface area contributed by atoms with Gasteiger partial charge in [-0.05, 0) is 49.8 Å². The molecule has 7 nitrogen and oxygen atoms in total. The lowest BCUT2D eigenvalue weighted by molar-refractivity contribution is 0.0696. The van der Waals surface area contributed by atoms with E-state index in [9.17, 15) is 15.0 Å². The maximum Gasteiger partial charge on any atom is 0.335 e. The minimum atomic E-state index is -0.986. The van der Waals surface area contributed by atoms with Crippen LogP contribution in [0.5, 0.6) is 17.2 Å². The number of phenolic OH excluding ortho intramolecular Hbond substituents is 1. The normalized spacial score (nSPS) is 26.2. The standard InChI is InChI=1S/C25H25N3O4/c29-20-3-1-2-19-23(18-7-4-14(25(30)31)12-21(18)32-24(19)20)15-10-16-5-6-17(11-15)28(16)13-22-26-8-9-27-22/h1-4,7-9,12,15-17,23,29H,5-6,10-11,13H2,(H,26,27)(H,30,31). The van der Waals surface area contributed by atoms with Crippen LogP contribution in [0.1, 0.15) is 58.9 Å². The van der Waals surface area contributed by atoms with E-state index in [0.717, 1.165) is 36.3 Å². The number of nitrogens with zero attached hydrogens (tertiary/aromatic N) is 2. The average molecular weight is 431 g/mol. The Morgan fingerprint density at radius 1 is 1.16 bits per heavy atom. The Hall–Kier alpha value is -3.32. The molecule has 2 saturated heterocycles. The van der Waals surface area contributed by atoms with Gasteiger partial charge in [0.1, 0.15) is 11.6 Å². The second-order valence-corrected chi connectivity index (χ2v) is 9.16. The molecule has 2 fully saturated rings. The van der Waals surface area contributed by atoms with Gasteiger partial charge in [-0.1, -0.05) is 18.2 Å². The van der Waals surface area contributed by atoms with E-state index in [0.29, 0.717) is 29.5 Å². The molecule has 0 saturated carbocycles. The lowest BCUT2D eigenvalue weighted by Gasteiger charge is -2.43. The molecule has 0 aliphatic carbocycles. The first-order valence-corrected chi connectivity index (χ1v) is 11.2. The van der Waals surface area contributed by atoms with Crippen molar-refractivity contribution in [3.05, 3.63) is 71.3 Å². The van der Waals surface area contributed by atoms with Crippen molar-refractivity contribution in [2.24, 2.45) is 5.92 Å². The molecule has 0 radical (unpaired) electrons. The van der Waals surface area contributed by atoms with Crippen LogP contribution in [-0.2, 0) is 6.54 Å². The van der Waals surface area contributed by atoms with Crippen molar-refractivity contribution in [3.63, 3.8) is 0 Å². The van der Waals surface area contributed by atoms with Crippen LogP contribution >= 0.6 is 0 Å². The van der Waals surface area contributed by atoms with Crippen molar-refractivity contribution in [2.45, 2.75) is 50.2 Å². The smallest absolute Gasteiger partial charge is 0.335 e. The number of rotatable bonds is 4. The number of aromatic hydroxyl groups is 1. The number of fused-ring (bicyclic) bond motifs is 4. The minimum absolute atomic E-state index is 0.0672. The topological polar surface area (TPSA) is 98.7 Å². The summed E-state index contributed by atoms with van der Waals surface area (Å²) in [6.07, 6.45) is 8.15. The zero-order chi connectivity index (χ0) is 21.8. The summed E-state index contributed by atoms with van der Waals surface area (Å²) in [4.78, 5) is 21.8. The summed E-state index contributed by atoms with van der Waals surface area (Å²) in [6, 6.07) is 11.6. The second kappa shape index (κ2) is 7.38. The molecule has 3 aliphatic rings. The van der Waals surface area contributed by atoms with Gasteiger partial charge in [0.2, 0.25) is 0 Å². The summed E-state index contributed by atoms with van der Waals surface area (Å²) in [6.45, 7) is 0.846. The fourth-order valence-corrected chi connectivity index (χ4v) is 6.10. The van der Waals surface area contributed by atoms with Crippen LogP contribution in [0.2, 0.25) is 0 Å². The summed E-state index contributed by atoms with van der Waals surface area (Å²) in [5.74, 6) is 1.56. The van der Waals surface area contributed by atoms with Crippen molar-refractivity contribution in [3.8, 4) is 17.2 Å². The van der Waals surface area contributed by atoms with Crippen LogP contribution in [0.25, 0.3) is 0 Å². The number of hydrogen-bond donors (Lipinski definition) is 3. The fourth-order valence-electron chi connectivity index (χ4n) is 6.10. The number of carboxylic acids is 1. The largest absolute Gasteiger partial charge is 0.504 e. The molecule has 164 valence electrons. The summed E-state index contributed by atoms with van der Waals surface area (Å²) in [7, 11) is 0. The number of benzene rings is 2. The van der Waals surface area contributed by atoms with E-state index in [4.69, 9.17) is 4.74 Å². The van der Waals surface area contributed by atoms with Gasteiger partial charge in [0.25, 0.3) is 0 Å². The van der Waals surface area contributed by atoms with Gasteiger partial charge in [0, 0.05) is 41.5 Å². The van der Waals surface area contributed by atoms with Crippen LogP contribution in [-0.4, -0.2) is 43.1 Å². The Balaban J connectivity index is 1.36. The van der Waals surface area contributed by atoms with Crippen LogP contribution < -0.4 is 4.74 Å². The zero-order valence-electron chi connectivity index (χ0n) is 17.6. The molecule has 2 bridgehead atoms. The SMILES string of the molecule is O=C(O)c1ccc2c(c1)Oc1c(O)cccc1C2C1CC2CCC(C1)N2Cc1ncc[nH]1. The minimum Gasteiger partial charge on any atom is -0.504 e. The molecule has 0 spiro atoms. The third kappa shape index (κ3) is 3.07. The summed E-state index contributed by atoms with van der Waals surface area (Å²) in [5.41, 5.74) is 2.19. The van der Waals surface area contributed by atoms with Crippen molar-refractivity contribution < 1.29 is 19.7 Å². The van der Waals surface area contributed by atoms with Gasteiger partial charge in [-0.3, -0.25) is 4.90 Å². The molecular formula is C25H25N3O4. The number of phenols is 1. The van der Waals surface area contributed by atoms with E-state index in [2.05, 4.69) is 14.9 Å². The van der Waals surface area contributed by atoms with Crippen molar-refractivity contribution in [1.82, 2.24) is 14.9 Å². The molecule has 3 unspecified atom stereocenters. The Bertz CT molecular complexity index is 1160. The number of ether oxygens (including phenoxy) is 1.